The van der Waals surface area contributed by atoms with E-state index in [9.17, 15) is 9.59 Å². The van der Waals surface area contributed by atoms with Crippen molar-refractivity contribution >= 4 is 29.3 Å². The highest BCUT2D eigenvalue weighted by Crippen LogP contribution is 2.10. The standard InChI is InChI=1S/C14H20N2O2S/c1-4-12(9-19-3)15-14(18)16-13-7-5-11(6-8-13)10(2)17/h5-8,12H,4,9H2,1-3H3,(H2,15,16,18). The van der Waals surface area contributed by atoms with Crippen LogP contribution in [0, 0.1) is 0 Å². The maximum atomic E-state index is 11.8. The third-order valence-electron chi connectivity index (χ3n) is 2.75. The van der Waals surface area contributed by atoms with Crippen molar-refractivity contribution in [1.82, 2.24) is 5.32 Å². The highest BCUT2D eigenvalue weighted by atomic mass is 32.2. The van der Waals surface area contributed by atoms with Gasteiger partial charge in [0.05, 0.1) is 0 Å². The smallest absolute Gasteiger partial charge is 0.319 e. The number of hydrogen-bond acceptors (Lipinski definition) is 3. The molecule has 0 saturated carbocycles. The van der Waals surface area contributed by atoms with E-state index in [0.717, 1.165) is 12.2 Å². The topological polar surface area (TPSA) is 58.2 Å². The minimum atomic E-state index is -0.212. The first-order chi connectivity index (χ1) is 9.06. The summed E-state index contributed by atoms with van der Waals surface area (Å²) in [6.45, 7) is 3.56. The van der Waals surface area contributed by atoms with Crippen molar-refractivity contribution in [3.63, 3.8) is 0 Å². The van der Waals surface area contributed by atoms with Crippen LogP contribution in [0.25, 0.3) is 0 Å². The second-order valence-electron chi connectivity index (χ2n) is 4.29. The lowest BCUT2D eigenvalue weighted by atomic mass is 10.1. The number of nitrogens with one attached hydrogen (secondary N) is 2. The molecule has 19 heavy (non-hydrogen) atoms. The molecule has 0 aromatic heterocycles. The van der Waals surface area contributed by atoms with Gasteiger partial charge in [-0.15, -0.1) is 0 Å². The summed E-state index contributed by atoms with van der Waals surface area (Å²) in [5, 5.41) is 5.68. The summed E-state index contributed by atoms with van der Waals surface area (Å²) in [5.41, 5.74) is 1.32. The van der Waals surface area contributed by atoms with Gasteiger partial charge in [0, 0.05) is 23.0 Å². The summed E-state index contributed by atoms with van der Waals surface area (Å²) in [5.74, 6) is 0.912. The first kappa shape index (κ1) is 15.6. The van der Waals surface area contributed by atoms with Crippen LogP contribution in [0.1, 0.15) is 30.6 Å². The van der Waals surface area contributed by atoms with Crippen LogP contribution in [0.3, 0.4) is 0 Å². The number of carbonyl (C=O) groups excluding carboxylic acids is 2. The average Bonchev–Trinajstić information content (AvgIpc) is 2.38. The van der Waals surface area contributed by atoms with Gasteiger partial charge in [-0.2, -0.15) is 11.8 Å². The van der Waals surface area contributed by atoms with Crippen molar-refractivity contribution in [2.45, 2.75) is 26.3 Å². The van der Waals surface area contributed by atoms with Gasteiger partial charge in [-0.3, -0.25) is 4.79 Å². The summed E-state index contributed by atoms with van der Waals surface area (Å²) in [6.07, 6.45) is 2.92. The zero-order chi connectivity index (χ0) is 14.3. The number of rotatable bonds is 6. The van der Waals surface area contributed by atoms with Crippen LogP contribution in [0.15, 0.2) is 24.3 Å². The summed E-state index contributed by atoms with van der Waals surface area (Å²) in [6, 6.07) is 6.83. The first-order valence-corrected chi connectivity index (χ1v) is 7.63. The number of urea groups is 1. The van der Waals surface area contributed by atoms with Gasteiger partial charge in [0.15, 0.2) is 5.78 Å². The molecule has 0 radical (unpaired) electrons. The molecule has 2 amide bonds. The Morgan fingerprint density at radius 2 is 1.89 bits per heavy atom. The minimum Gasteiger partial charge on any atom is -0.334 e. The van der Waals surface area contributed by atoms with Crippen molar-refractivity contribution in [3.8, 4) is 0 Å². The molecule has 1 aromatic rings. The number of thioether (sulfide) groups is 1. The van der Waals surface area contributed by atoms with Crippen LogP contribution in [0.2, 0.25) is 0 Å². The Hall–Kier alpha value is -1.49. The fourth-order valence-electron chi connectivity index (χ4n) is 1.60. The van der Waals surface area contributed by atoms with Gasteiger partial charge in [0.2, 0.25) is 0 Å². The molecular weight excluding hydrogens is 260 g/mol. The summed E-state index contributed by atoms with van der Waals surface area (Å²) < 4.78 is 0. The molecule has 0 aliphatic carbocycles. The zero-order valence-corrected chi connectivity index (χ0v) is 12.3. The highest BCUT2D eigenvalue weighted by Gasteiger charge is 2.09. The Morgan fingerprint density at radius 3 is 2.37 bits per heavy atom. The van der Waals surface area contributed by atoms with Crippen LogP contribution < -0.4 is 10.6 Å². The number of anilines is 1. The zero-order valence-electron chi connectivity index (χ0n) is 11.5. The van der Waals surface area contributed by atoms with Gasteiger partial charge in [-0.25, -0.2) is 4.79 Å². The molecule has 1 atom stereocenters. The Kier molecular flexibility index (Phi) is 6.42. The van der Waals surface area contributed by atoms with Gasteiger partial charge in [-0.1, -0.05) is 6.92 Å². The summed E-state index contributed by atoms with van der Waals surface area (Å²) >= 11 is 1.71. The second kappa shape index (κ2) is 7.84. The third kappa shape index (κ3) is 5.34. The van der Waals surface area contributed by atoms with Crippen molar-refractivity contribution in [1.29, 1.82) is 0 Å². The van der Waals surface area contributed by atoms with Crippen LogP contribution in [0.5, 0.6) is 0 Å². The molecule has 0 fully saturated rings. The fraction of sp³-hybridized carbons (Fsp3) is 0.429. The van der Waals surface area contributed by atoms with Crippen LogP contribution in [0.4, 0.5) is 10.5 Å². The van der Waals surface area contributed by atoms with Gasteiger partial charge in [0.25, 0.3) is 0 Å². The highest BCUT2D eigenvalue weighted by molar-refractivity contribution is 7.98. The quantitative estimate of drug-likeness (QED) is 0.787. The molecule has 0 aliphatic heterocycles. The van der Waals surface area contributed by atoms with Gasteiger partial charge >= 0.3 is 6.03 Å². The Balaban J connectivity index is 2.54. The number of carbonyl (C=O) groups is 2. The largest absolute Gasteiger partial charge is 0.334 e. The molecule has 0 saturated heterocycles. The van der Waals surface area contributed by atoms with Gasteiger partial charge in [0.1, 0.15) is 0 Å². The van der Waals surface area contributed by atoms with E-state index in [0.29, 0.717) is 11.3 Å². The molecule has 4 nitrogen and oxygen atoms in total. The number of ketones is 1. The molecule has 0 bridgehead atoms. The predicted octanol–water partition coefficient (Wildman–Crippen LogP) is 3.15. The molecule has 0 aliphatic rings. The number of Topliss-reactive ketones (excluding diaryl/α,β-unsaturated/α-hetero) is 1. The maximum Gasteiger partial charge on any atom is 0.319 e. The molecule has 2 N–H and O–H groups in total. The predicted molar refractivity (Wildman–Crippen MR) is 81.1 cm³/mol. The third-order valence-corrected chi connectivity index (χ3v) is 3.48. The average molecular weight is 280 g/mol. The van der Waals surface area contributed by atoms with Gasteiger partial charge < -0.3 is 10.6 Å². The van der Waals surface area contributed by atoms with E-state index < -0.39 is 0 Å². The monoisotopic (exact) mass is 280 g/mol. The molecular formula is C14H20N2O2S. The van der Waals surface area contributed by atoms with E-state index in [2.05, 4.69) is 10.6 Å². The fourth-order valence-corrected chi connectivity index (χ4v) is 2.33. The Morgan fingerprint density at radius 1 is 1.26 bits per heavy atom. The normalized spacial score (nSPS) is 11.7. The van der Waals surface area contributed by atoms with Gasteiger partial charge in [-0.05, 0) is 43.9 Å². The van der Waals surface area contributed by atoms with E-state index in [-0.39, 0.29) is 17.9 Å². The molecule has 0 heterocycles. The Bertz CT molecular complexity index is 432. The lowest BCUT2D eigenvalue weighted by Crippen LogP contribution is -2.39. The lowest BCUT2D eigenvalue weighted by molar-refractivity contribution is 0.101. The molecule has 0 spiro atoms. The second-order valence-corrected chi connectivity index (χ2v) is 5.20. The Labute approximate surface area is 118 Å². The van der Waals surface area contributed by atoms with Crippen LogP contribution >= 0.6 is 11.8 Å². The number of benzene rings is 1. The van der Waals surface area contributed by atoms with E-state index >= 15 is 0 Å². The van der Waals surface area contributed by atoms with E-state index in [1.165, 1.54) is 6.92 Å². The van der Waals surface area contributed by atoms with E-state index in [4.69, 9.17) is 0 Å². The summed E-state index contributed by atoms with van der Waals surface area (Å²) in [4.78, 5) is 22.9. The van der Waals surface area contributed by atoms with Crippen molar-refractivity contribution < 1.29 is 9.59 Å². The van der Waals surface area contributed by atoms with Crippen molar-refractivity contribution in [2.75, 3.05) is 17.3 Å². The number of amides is 2. The summed E-state index contributed by atoms with van der Waals surface area (Å²) in [7, 11) is 0. The SMILES string of the molecule is CCC(CSC)NC(=O)Nc1ccc(C(C)=O)cc1. The van der Waals surface area contributed by atoms with E-state index in [1.54, 1.807) is 36.0 Å². The van der Waals surface area contributed by atoms with Crippen LogP contribution in [-0.4, -0.2) is 29.9 Å². The molecule has 1 unspecified atom stereocenters. The van der Waals surface area contributed by atoms with E-state index in [1.807, 2.05) is 13.2 Å². The molecule has 1 rings (SSSR count). The first-order valence-electron chi connectivity index (χ1n) is 6.24. The molecule has 104 valence electrons. The van der Waals surface area contributed by atoms with Crippen molar-refractivity contribution in [3.05, 3.63) is 29.8 Å². The number of hydrogen-bond donors (Lipinski definition) is 2. The molecule has 5 heteroatoms. The van der Waals surface area contributed by atoms with Crippen molar-refractivity contribution in [2.24, 2.45) is 0 Å². The molecule has 1 aromatic carbocycles. The maximum absolute atomic E-state index is 11.8. The van der Waals surface area contributed by atoms with Crippen LogP contribution in [-0.2, 0) is 0 Å². The lowest BCUT2D eigenvalue weighted by Gasteiger charge is -2.16. The minimum absolute atomic E-state index is 0.0158.